The van der Waals surface area contributed by atoms with Crippen LogP contribution in [0.4, 0.5) is 0 Å². The van der Waals surface area contributed by atoms with E-state index in [1.54, 1.807) is 0 Å². The summed E-state index contributed by atoms with van der Waals surface area (Å²) in [5, 5.41) is 2.42. The van der Waals surface area contributed by atoms with E-state index in [-0.39, 0.29) is 10.9 Å². The van der Waals surface area contributed by atoms with E-state index in [0.29, 0.717) is 25.7 Å². The van der Waals surface area contributed by atoms with Gasteiger partial charge in [-0.25, -0.2) is 13.1 Å². The monoisotopic (exact) mass is 288 g/mol. The number of sulfonamides is 1. The predicted molar refractivity (Wildman–Crippen MR) is 66.2 cm³/mol. The fraction of sp³-hybridized carbons (Fsp3) is 0.545. The van der Waals surface area contributed by atoms with Crippen molar-refractivity contribution < 1.29 is 22.4 Å². The molecule has 8 heteroatoms. The third kappa shape index (κ3) is 3.34. The summed E-state index contributed by atoms with van der Waals surface area (Å²) >= 11 is 0. The first-order valence-corrected chi connectivity index (χ1v) is 7.40. The van der Waals surface area contributed by atoms with Crippen LogP contribution >= 0.6 is 0 Å². The van der Waals surface area contributed by atoms with Crippen LogP contribution in [0.1, 0.15) is 17.0 Å². The highest BCUT2D eigenvalue weighted by Crippen LogP contribution is 2.14. The van der Waals surface area contributed by atoms with Gasteiger partial charge in [0.1, 0.15) is 0 Å². The second kappa shape index (κ2) is 5.72. The smallest absolute Gasteiger partial charge is 0.287 e. The number of hydrogen-bond donors (Lipinski definition) is 2. The molecule has 0 bridgehead atoms. The first-order valence-electron chi connectivity index (χ1n) is 5.92. The van der Waals surface area contributed by atoms with Crippen LogP contribution in [0.3, 0.4) is 0 Å². The summed E-state index contributed by atoms with van der Waals surface area (Å²) in [6.45, 7) is 1.84. The number of carbonyl (C=O) groups is 1. The lowest BCUT2D eigenvalue weighted by molar-refractivity contribution is 0.0912. The maximum Gasteiger partial charge on any atom is 0.287 e. The molecule has 0 unspecified atom stereocenters. The fourth-order valence-electron chi connectivity index (χ4n) is 1.76. The van der Waals surface area contributed by atoms with Crippen molar-refractivity contribution in [3.63, 3.8) is 0 Å². The Hall–Kier alpha value is -1.38. The van der Waals surface area contributed by atoms with Crippen molar-refractivity contribution in [3.05, 3.63) is 17.9 Å². The summed E-state index contributed by atoms with van der Waals surface area (Å²) < 4.78 is 35.2. The van der Waals surface area contributed by atoms with Gasteiger partial charge in [-0.1, -0.05) is 0 Å². The molecule has 1 atom stereocenters. The quantitative estimate of drug-likeness (QED) is 0.792. The number of amides is 1. The lowest BCUT2D eigenvalue weighted by Gasteiger charge is -2.07. The van der Waals surface area contributed by atoms with Gasteiger partial charge in [-0.3, -0.25) is 4.79 Å². The molecule has 0 saturated carbocycles. The second-order valence-electron chi connectivity index (χ2n) is 4.27. The molecular formula is C11H16N2O5S. The number of carbonyl (C=O) groups excluding carboxylic acids is 1. The molecule has 2 N–H and O–H groups in total. The summed E-state index contributed by atoms with van der Waals surface area (Å²) in [6, 6.07) is 2.59. The largest absolute Gasteiger partial charge is 0.438 e. The molecule has 0 aliphatic carbocycles. The molecule has 1 saturated heterocycles. The van der Waals surface area contributed by atoms with Gasteiger partial charge in [0.25, 0.3) is 15.9 Å². The normalized spacial score (nSPS) is 19.5. The minimum atomic E-state index is -3.66. The molecule has 1 aromatic rings. The Balaban J connectivity index is 1.96. The molecule has 1 aliphatic heterocycles. The number of rotatable bonds is 5. The Bertz CT molecular complexity index is 545. The van der Waals surface area contributed by atoms with E-state index in [1.165, 1.54) is 19.2 Å². The van der Waals surface area contributed by atoms with Gasteiger partial charge in [0.2, 0.25) is 5.09 Å². The molecule has 2 rings (SSSR count). The van der Waals surface area contributed by atoms with E-state index in [1.807, 2.05) is 0 Å². The SMILES string of the molecule is CNS(=O)(=O)c1ccc(C(=O)NC[C@@H]2CCOC2)o1. The third-order valence-corrected chi connectivity index (χ3v) is 4.20. The van der Waals surface area contributed by atoms with Crippen LogP contribution in [0.2, 0.25) is 0 Å². The van der Waals surface area contributed by atoms with Crippen LogP contribution in [-0.4, -0.2) is 41.1 Å². The van der Waals surface area contributed by atoms with Crippen LogP contribution in [0, 0.1) is 5.92 Å². The average molecular weight is 288 g/mol. The van der Waals surface area contributed by atoms with Gasteiger partial charge in [-0.15, -0.1) is 0 Å². The second-order valence-corrected chi connectivity index (χ2v) is 6.08. The van der Waals surface area contributed by atoms with Crippen molar-refractivity contribution in [2.45, 2.75) is 11.5 Å². The third-order valence-electron chi connectivity index (χ3n) is 2.91. The van der Waals surface area contributed by atoms with Gasteiger partial charge in [0, 0.05) is 19.1 Å². The van der Waals surface area contributed by atoms with E-state index in [9.17, 15) is 13.2 Å². The van der Waals surface area contributed by atoms with E-state index in [2.05, 4.69) is 10.0 Å². The number of nitrogens with one attached hydrogen (secondary N) is 2. The first-order chi connectivity index (χ1) is 9.03. The topological polar surface area (TPSA) is 97.6 Å². The lowest BCUT2D eigenvalue weighted by Crippen LogP contribution is -2.29. The van der Waals surface area contributed by atoms with Crippen molar-refractivity contribution in [1.82, 2.24) is 10.0 Å². The van der Waals surface area contributed by atoms with Gasteiger partial charge in [0.05, 0.1) is 6.61 Å². The number of ether oxygens (including phenoxy) is 1. The van der Waals surface area contributed by atoms with Gasteiger partial charge >= 0.3 is 0 Å². The molecule has 2 heterocycles. The molecule has 106 valence electrons. The molecule has 1 amide bonds. The van der Waals surface area contributed by atoms with E-state index >= 15 is 0 Å². The van der Waals surface area contributed by atoms with Crippen molar-refractivity contribution in [1.29, 1.82) is 0 Å². The summed E-state index contributed by atoms with van der Waals surface area (Å²) in [4.78, 5) is 11.8. The van der Waals surface area contributed by atoms with Gasteiger partial charge in [0.15, 0.2) is 5.76 Å². The summed E-state index contributed by atoms with van der Waals surface area (Å²) in [5.41, 5.74) is 0. The Morgan fingerprint density at radius 3 is 2.89 bits per heavy atom. The highest BCUT2D eigenvalue weighted by atomic mass is 32.2. The highest BCUT2D eigenvalue weighted by Gasteiger charge is 2.21. The Morgan fingerprint density at radius 1 is 1.47 bits per heavy atom. The summed E-state index contributed by atoms with van der Waals surface area (Å²) in [6.07, 6.45) is 0.915. The van der Waals surface area contributed by atoms with Crippen molar-refractivity contribution >= 4 is 15.9 Å². The molecular weight excluding hydrogens is 272 g/mol. The minimum Gasteiger partial charge on any atom is -0.438 e. The fourth-order valence-corrected chi connectivity index (χ4v) is 2.40. The van der Waals surface area contributed by atoms with E-state index in [4.69, 9.17) is 9.15 Å². The van der Waals surface area contributed by atoms with Crippen molar-refractivity contribution in [2.75, 3.05) is 26.8 Å². The van der Waals surface area contributed by atoms with E-state index < -0.39 is 15.9 Å². The Labute approximate surface area is 111 Å². The maximum absolute atomic E-state index is 11.8. The zero-order chi connectivity index (χ0) is 13.9. The molecule has 1 aliphatic rings. The van der Waals surface area contributed by atoms with E-state index in [0.717, 1.165) is 6.42 Å². The van der Waals surface area contributed by atoms with Crippen molar-refractivity contribution in [3.8, 4) is 0 Å². The Morgan fingerprint density at radius 2 is 2.26 bits per heavy atom. The van der Waals surface area contributed by atoms with Crippen LogP contribution in [0.15, 0.2) is 21.6 Å². The molecule has 0 aromatic carbocycles. The van der Waals surface area contributed by atoms with Crippen LogP contribution in [0.25, 0.3) is 0 Å². The first kappa shape index (κ1) is 14.0. The molecule has 0 radical (unpaired) electrons. The molecule has 7 nitrogen and oxygen atoms in total. The van der Waals surface area contributed by atoms with Gasteiger partial charge in [-0.05, 0) is 25.6 Å². The zero-order valence-electron chi connectivity index (χ0n) is 10.5. The molecule has 0 spiro atoms. The van der Waals surface area contributed by atoms with Gasteiger partial charge < -0.3 is 14.5 Å². The molecule has 1 aromatic heterocycles. The molecule has 1 fully saturated rings. The number of hydrogen-bond acceptors (Lipinski definition) is 5. The highest BCUT2D eigenvalue weighted by molar-refractivity contribution is 7.89. The predicted octanol–water partition coefficient (Wildman–Crippen LogP) is -0.0460. The number of furan rings is 1. The summed E-state index contributed by atoms with van der Waals surface area (Å²) in [7, 11) is -2.38. The van der Waals surface area contributed by atoms with Gasteiger partial charge in [-0.2, -0.15) is 0 Å². The van der Waals surface area contributed by atoms with Crippen LogP contribution < -0.4 is 10.0 Å². The maximum atomic E-state index is 11.8. The summed E-state index contributed by atoms with van der Waals surface area (Å²) in [5.74, 6) is -0.142. The van der Waals surface area contributed by atoms with Crippen LogP contribution in [0.5, 0.6) is 0 Å². The zero-order valence-corrected chi connectivity index (χ0v) is 11.3. The minimum absolute atomic E-state index is 0.0206. The lowest BCUT2D eigenvalue weighted by atomic mass is 10.1. The standard InChI is InChI=1S/C11H16N2O5S/c1-12-19(15,16)10-3-2-9(18-10)11(14)13-6-8-4-5-17-7-8/h2-3,8,12H,4-7H2,1H3,(H,13,14)/t8-/m0/s1. The molecule has 19 heavy (non-hydrogen) atoms. The van der Waals surface area contributed by atoms with Crippen LogP contribution in [-0.2, 0) is 14.8 Å². The van der Waals surface area contributed by atoms with Crippen molar-refractivity contribution in [2.24, 2.45) is 5.92 Å². The Kier molecular flexibility index (Phi) is 4.23. The average Bonchev–Trinajstić information content (AvgIpc) is 3.07.